The van der Waals surface area contributed by atoms with Crippen LogP contribution in [0.4, 0.5) is 5.69 Å². The molecule has 38 heavy (non-hydrogen) atoms. The normalized spacial score (nSPS) is 12.1. The summed E-state index contributed by atoms with van der Waals surface area (Å²) in [5.74, 6) is -1.03. The van der Waals surface area contributed by atoms with Gasteiger partial charge < -0.3 is 10.2 Å². The number of hydrogen-bond donors (Lipinski definition) is 1. The molecule has 0 saturated carbocycles. The van der Waals surface area contributed by atoms with Crippen LogP contribution in [0.5, 0.6) is 0 Å². The second-order valence-electron chi connectivity index (χ2n) is 8.29. The van der Waals surface area contributed by atoms with Gasteiger partial charge in [-0.05, 0) is 61.9 Å². The minimum Gasteiger partial charge on any atom is -0.355 e. The van der Waals surface area contributed by atoms with Crippen molar-refractivity contribution in [1.82, 2.24) is 10.2 Å². The average Bonchev–Trinajstić information content (AvgIpc) is 2.87. The lowest BCUT2D eigenvalue weighted by molar-refractivity contribution is -0.139. The fourth-order valence-electron chi connectivity index (χ4n) is 3.67. The van der Waals surface area contributed by atoms with Gasteiger partial charge in [-0.25, -0.2) is 8.42 Å². The highest BCUT2D eigenvalue weighted by Crippen LogP contribution is 2.30. The lowest BCUT2D eigenvalue weighted by Crippen LogP contribution is -2.51. The molecule has 12 heteroatoms. The summed E-state index contributed by atoms with van der Waals surface area (Å²) in [6, 6.07) is 15.8. The molecule has 0 spiro atoms. The Morgan fingerprint density at radius 1 is 0.895 bits per heavy atom. The van der Waals surface area contributed by atoms with Gasteiger partial charge in [-0.3, -0.25) is 13.9 Å². The number of hydrogen-bond acceptors (Lipinski definition) is 4. The number of likely N-dealkylation sites (N-methyl/N-ethyl adjacent to an activating group) is 1. The molecule has 0 saturated heterocycles. The van der Waals surface area contributed by atoms with Crippen molar-refractivity contribution in [2.75, 3.05) is 17.4 Å². The number of benzene rings is 3. The van der Waals surface area contributed by atoms with Crippen molar-refractivity contribution in [3.63, 3.8) is 0 Å². The van der Waals surface area contributed by atoms with Crippen LogP contribution in [0.2, 0.25) is 20.1 Å². The maximum atomic E-state index is 13.8. The zero-order valence-electron chi connectivity index (χ0n) is 20.5. The van der Waals surface area contributed by atoms with E-state index in [0.717, 1.165) is 4.31 Å². The Labute approximate surface area is 242 Å². The third-order valence-corrected chi connectivity index (χ3v) is 8.56. The van der Waals surface area contributed by atoms with Gasteiger partial charge in [-0.15, -0.1) is 0 Å². The molecule has 0 bridgehead atoms. The summed E-state index contributed by atoms with van der Waals surface area (Å²) in [5.41, 5.74) is 0.701. The van der Waals surface area contributed by atoms with E-state index in [0.29, 0.717) is 17.1 Å². The van der Waals surface area contributed by atoms with Gasteiger partial charge in [0.25, 0.3) is 10.0 Å². The summed E-state index contributed by atoms with van der Waals surface area (Å²) >= 11 is 24.5. The quantitative estimate of drug-likeness (QED) is 0.300. The van der Waals surface area contributed by atoms with E-state index in [2.05, 4.69) is 5.32 Å². The van der Waals surface area contributed by atoms with Crippen LogP contribution in [0.3, 0.4) is 0 Å². The first kappa shape index (κ1) is 30.1. The molecule has 0 fully saturated rings. The third kappa shape index (κ3) is 7.33. The van der Waals surface area contributed by atoms with Gasteiger partial charge in [0.05, 0.1) is 20.6 Å². The fourth-order valence-corrected chi connectivity index (χ4v) is 5.93. The number of anilines is 1. The highest BCUT2D eigenvalue weighted by molar-refractivity contribution is 7.92. The van der Waals surface area contributed by atoms with Crippen molar-refractivity contribution in [2.45, 2.75) is 31.3 Å². The molecule has 0 radical (unpaired) electrons. The predicted octanol–water partition coefficient (Wildman–Crippen LogP) is 6.05. The molecular formula is C26H25Cl4N3O4S. The number of rotatable bonds is 10. The summed E-state index contributed by atoms with van der Waals surface area (Å²) in [5, 5.41) is 3.70. The van der Waals surface area contributed by atoms with Gasteiger partial charge in [0.2, 0.25) is 11.8 Å². The van der Waals surface area contributed by atoms with Crippen LogP contribution >= 0.6 is 46.4 Å². The van der Waals surface area contributed by atoms with Crippen LogP contribution in [0, 0.1) is 0 Å². The maximum absolute atomic E-state index is 13.8. The second kappa shape index (κ2) is 13.0. The molecule has 202 valence electrons. The Bertz CT molecular complexity index is 1400. The highest BCUT2D eigenvalue weighted by atomic mass is 35.5. The SMILES string of the molecule is CCNC(=O)[C@@H](C)N(Cc1ccc(Cl)c(Cl)c1)C(=O)CN(c1cc(Cl)cc(Cl)c1)S(=O)(=O)c1ccccc1. The maximum Gasteiger partial charge on any atom is 0.264 e. The lowest BCUT2D eigenvalue weighted by atomic mass is 10.1. The number of amides is 2. The molecule has 3 aromatic rings. The van der Waals surface area contributed by atoms with Gasteiger partial charge in [0.15, 0.2) is 0 Å². The van der Waals surface area contributed by atoms with Gasteiger partial charge in [0.1, 0.15) is 12.6 Å². The molecule has 0 aliphatic rings. The summed E-state index contributed by atoms with van der Waals surface area (Å²) in [7, 11) is -4.23. The number of nitrogens with zero attached hydrogens (tertiary/aromatic N) is 2. The highest BCUT2D eigenvalue weighted by Gasteiger charge is 2.32. The number of carbonyl (C=O) groups is 2. The molecule has 0 aliphatic heterocycles. The monoisotopic (exact) mass is 615 g/mol. The minimum atomic E-state index is -4.23. The molecule has 0 aromatic heterocycles. The summed E-state index contributed by atoms with van der Waals surface area (Å²) in [4.78, 5) is 27.8. The van der Waals surface area contributed by atoms with E-state index in [9.17, 15) is 18.0 Å². The average molecular weight is 617 g/mol. The molecule has 3 aromatic carbocycles. The van der Waals surface area contributed by atoms with Crippen molar-refractivity contribution in [3.8, 4) is 0 Å². The molecule has 0 unspecified atom stereocenters. The van der Waals surface area contributed by atoms with Crippen molar-refractivity contribution >= 4 is 73.9 Å². The van der Waals surface area contributed by atoms with Crippen LogP contribution in [-0.2, 0) is 26.2 Å². The lowest BCUT2D eigenvalue weighted by Gasteiger charge is -2.32. The molecular weight excluding hydrogens is 592 g/mol. The second-order valence-corrected chi connectivity index (χ2v) is 11.8. The minimum absolute atomic E-state index is 0.0243. The van der Waals surface area contributed by atoms with Crippen LogP contribution < -0.4 is 9.62 Å². The topological polar surface area (TPSA) is 86.8 Å². The Morgan fingerprint density at radius 3 is 2.11 bits per heavy atom. The Morgan fingerprint density at radius 2 is 1.53 bits per heavy atom. The molecule has 7 nitrogen and oxygen atoms in total. The molecule has 0 heterocycles. The van der Waals surface area contributed by atoms with Crippen molar-refractivity contribution in [3.05, 3.63) is 92.4 Å². The zero-order valence-corrected chi connectivity index (χ0v) is 24.3. The van der Waals surface area contributed by atoms with E-state index in [-0.39, 0.29) is 32.2 Å². The van der Waals surface area contributed by atoms with Gasteiger partial charge in [-0.1, -0.05) is 70.7 Å². The zero-order chi connectivity index (χ0) is 28.0. The predicted molar refractivity (Wildman–Crippen MR) is 153 cm³/mol. The van der Waals surface area contributed by atoms with Crippen LogP contribution in [-0.4, -0.2) is 44.3 Å². The van der Waals surface area contributed by atoms with Crippen LogP contribution in [0.25, 0.3) is 0 Å². The van der Waals surface area contributed by atoms with E-state index in [1.54, 1.807) is 50.2 Å². The summed E-state index contributed by atoms with van der Waals surface area (Å²) < 4.78 is 28.4. The van der Waals surface area contributed by atoms with E-state index < -0.39 is 34.4 Å². The first-order chi connectivity index (χ1) is 17.9. The van der Waals surface area contributed by atoms with Crippen molar-refractivity contribution in [1.29, 1.82) is 0 Å². The smallest absolute Gasteiger partial charge is 0.264 e. The van der Waals surface area contributed by atoms with E-state index in [4.69, 9.17) is 46.4 Å². The van der Waals surface area contributed by atoms with Crippen LogP contribution in [0.1, 0.15) is 19.4 Å². The first-order valence-electron chi connectivity index (χ1n) is 11.5. The van der Waals surface area contributed by atoms with Crippen LogP contribution in [0.15, 0.2) is 71.6 Å². The summed E-state index contributed by atoms with van der Waals surface area (Å²) in [6.45, 7) is 3.02. The Kier molecular flexibility index (Phi) is 10.3. The van der Waals surface area contributed by atoms with Gasteiger partial charge in [0, 0.05) is 23.1 Å². The van der Waals surface area contributed by atoms with Crippen molar-refractivity contribution in [2.24, 2.45) is 0 Å². The Hall–Kier alpha value is -2.49. The van der Waals surface area contributed by atoms with Gasteiger partial charge >= 0.3 is 0 Å². The summed E-state index contributed by atoms with van der Waals surface area (Å²) in [6.07, 6.45) is 0. The number of halogens is 4. The Balaban J connectivity index is 2.06. The number of sulfonamides is 1. The molecule has 3 rings (SSSR count). The third-order valence-electron chi connectivity index (χ3n) is 5.60. The van der Waals surface area contributed by atoms with Gasteiger partial charge in [-0.2, -0.15) is 0 Å². The number of carbonyl (C=O) groups excluding carboxylic acids is 2. The van der Waals surface area contributed by atoms with E-state index >= 15 is 0 Å². The molecule has 1 N–H and O–H groups in total. The molecule has 0 aliphatic carbocycles. The molecule has 2 amide bonds. The largest absolute Gasteiger partial charge is 0.355 e. The number of nitrogens with one attached hydrogen (secondary N) is 1. The van der Waals surface area contributed by atoms with E-state index in [1.165, 1.54) is 35.2 Å². The fraction of sp³-hybridized carbons (Fsp3) is 0.231. The van der Waals surface area contributed by atoms with E-state index in [1.807, 2.05) is 0 Å². The van der Waals surface area contributed by atoms with Crippen molar-refractivity contribution < 1.29 is 18.0 Å². The molecule has 1 atom stereocenters. The first-order valence-corrected chi connectivity index (χ1v) is 14.4. The standard InChI is InChI=1S/C26H25Cl4N3O4S/c1-3-31-26(35)17(2)32(15-18-9-10-23(29)24(30)11-18)25(34)16-33(21-13-19(27)12-20(28)14-21)38(36,37)22-7-5-4-6-8-22/h4-14,17H,3,15-16H2,1-2H3,(H,31,35)/t17-/m1/s1.